The lowest BCUT2D eigenvalue weighted by Gasteiger charge is -2.15. The molecule has 1 N–H and O–H groups in total. The number of benzene rings is 1. The van der Waals surface area contributed by atoms with Crippen molar-refractivity contribution in [3.05, 3.63) is 55.7 Å². The first kappa shape index (κ1) is 18.3. The SMILES string of the molecule is CC[C@@H](C)Nc1nc2c(c(=O)n(C)c(=O)n2C)n1Cc1ccc(Cl)cc1. The van der Waals surface area contributed by atoms with Crippen molar-refractivity contribution in [3.8, 4) is 0 Å². The van der Waals surface area contributed by atoms with E-state index in [2.05, 4.69) is 17.2 Å². The molecule has 26 heavy (non-hydrogen) atoms. The molecule has 2 aromatic heterocycles. The molecule has 138 valence electrons. The molecule has 1 atom stereocenters. The molecule has 3 rings (SSSR count). The summed E-state index contributed by atoms with van der Waals surface area (Å²) in [6.45, 7) is 4.56. The number of halogens is 1. The Bertz CT molecular complexity index is 1060. The summed E-state index contributed by atoms with van der Waals surface area (Å²) >= 11 is 5.97. The van der Waals surface area contributed by atoms with Crippen LogP contribution in [0.4, 0.5) is 5.95 Å². The Balaban J connectivity index is 2.25. The van der Waals surface area contributed by atoms with Crippen LogP contribution < -0.4 is 16.6 Å². The summed E-state index contributed by atoms with van der Waals surface area (Å²) in [5.41, 5.74) is 1.00. The molecule has 2 heterocycles. The van der Waals surface area contributed by atoms with Crippen molar-refractivity contribution in [2.45, 2.75) is 32.9 Å². The third-order valence-electron chi connectivity index (χ3n) is 4.59. The lowest BCUT2D eigenvalue weighted by atomic mass is 10.2. The Morgan fingerprint density at radius 3 is 2.42 bits per heavy atom. The first-order valence-corrected chi connectivity index (χ1v) is 8.88. The Kier molecular flexibility index (Phi) is 4.91. The summed E-state index contributed by atoms with van der Waals surface area (Å²) in [5.74, 6) is 0.572. The summed E-state index contributed by atoms with van der Waals surface area (Å²) in [7, 11) is 3.10. The van der Waals surface area contributed by atoms with Crippen molar-refractivity contribution in [2.75, 3.05) is 5.32 Å². The monoisotopic (exact) mass is 375 g/mol. The normalized spacial score (nSPS) is 12.5. The minimum atomic E-state index is -0.395. The zero-order valence-electron chi connectivity index (χ0n) is 15.3. The van der Waals surface area contributed by atoms with Gasteiger partial charge in [0.2, 0.25) is 5.95 Å². The highest BCUT2D eigenvalue weighted by Gasteiger charge is 2.20. The Morgan fingerprint density at radius 1 is 1.15 bits per heavy atom. The molecule has 8 heteroatoms. The van der Waals surface area contributed by atoms with Gasteiger partial charge >= 0.3 is 5.69 Å². The van der Waals surface area contributed by atoms with E-state index in [1.807, 2.05) is 35.8 Å². The number of aryl methyl sites for hydroxylation is 1. The van der Waals surface area contributed by atoms with Crippen LogP contribution in [0.5, 0.6) is 0 Å². The highest BCUT2D eigenvalue weighted by Crippen LogP contribution is 2.20. The fourth-order valence-corrected chi connectivity index (χ4v) is 2.93. The first-order valence-electron chi connectivity index (χ1n) is 8.50. The molecule has 0 aliphatic heterocycles. The number of rotatable bonds is 5. The van der Waals surface area contributed by atoms with Gasteiger partial charge in [0.15, 0.2) is 11.2 Å². The van der Waals surface area contributed by atoms with Crippen LogP contribution in [-0.2, 0) is 20.6 Å². The number of anilines is 1. The van der Waals surface area contributed by atoms with Gasteiger partial charge in [-0.15, -0.1) is 0 Å². The molecule has 7 nitrogen and oxygen atoms in total. The van der Waals surface area contributed by atoms with Crippen LogP contribution in [-0.4, -0.2) is 24.7 Å². The lowest BCUT2D eigenvalue weighted by molar-refractivity contribution is 0.701. The smallest absolute Gasteiger partial charge is 0.332 e. The van der Waals surface area contributed by atoms with Crippen molar-refractivity contribution >= 4 is 28.7 Å². The van der Waals surface area contributed by atoms with Crippen molar-refractivity contribution in [3.63, 3.8) is 0 Å². The maximum atomic E-state index is 12.8. The molecule has 0 bridgehead atoms. The van der Waals surface area contributed by atoms with E-state index in [0.29, 0.717) is 28.7 Å². The van der Waals surface area contributed by atoms with E-state index in [0.717, 1.165) is 16.6 Å². The van der Waals surface area contributed by atoms with Crippen molar-refractivity contribution in [1.29, 1.82) is 0 Å². The van der Waals surface area contributed by atoms with Gasteiger partial charge in [0, 0.05) is 25.2 Å². The van der Waals surface area contributed by atoms with Gasteiger partial charge in [-0.2, -0.15) is 4.98 Å². The van der Waals surface area contributed by atoms with Crippen molar-refractivity contribution in [1.82, 2.24) is 18.7 Å². The molecule has 0 aliphatic carbocycles. The van der Waals surface area contributed by atoms with Gasteiger partial charge in [-0.25, -0.2) is 4.79 Å². The number of hydrogen-bond acceptors (Lipinski definition) is 4. The second-order valence-electron chi connectivity index (χ2n) is 6.48. The number of fused-ring (bicyclic) bond motifs is 1. The summed E-state index contributed by atoms with van der Waals surface area (Å²) in [6.07, 6.45) is 0.904. The molecule has 1 aromatic carbocycles. The minimum absolute atomic E-state index is 0.177. The van der Waals surface area contributed by atoms with Crippen molar-refractivity contribution < 1.29 is 0 Å². The van der Waals surface area contributed by atoms with Crippen LogP contribution in [0.3, 0.4) is 0 Å². The Morgan fingerprint density at radius 2 is 1.81 bits per heavy atom. The van der Waals surface area contributed by atoms with Gasteiger partial charge in [-0.3, -0.25) is 18.5 Å². The number of aromatic nitrogens is 4. The number of imidazole rings is 1. The van der Waals surface area contributed by atoms with Gasteiger partial charge in [0.05, 0.1) is 6.54 Å². The highest BCUT2D eigenvalue weighted by molar-refractivity contribution is 6.30. The maximum Gasteiger partial charge on any atom is 0.332 e. The van der Waals surface area contributed by atoms with E-state index in [4.69, 9.17) is 11.6 Å². The van der Waals surface area contributed by atoms with E-state index in [1.165, 1.54) is 11.6 Å². The summed E-state index contributed by atoms with van der Waals surface area (Å²) in [6, 6.07) is 7.62. The number of hydrogen-bond donors (Lipinski definition) is 1. The topological polar surface area (TPSA) is 73.8 Å². The van der Waals surface area contributed by atoms with E-state index in [1.54, 1.807) is 7.05 Å². The van der Waals surface area contributed by atoms with E-state index in [-0.39, 0.29) is 11.6 Å². The van der Waals surface area contributed by atoms with Gasteiger partial charge < -0.3 is 5.32 Å². The largest absolute Gasteiger partial charge is 0.353 e. The molecule has 0 unspecified atom stereocenters. The Labute approximate surface area is 155 Å². The molecule has 0 spiro atoms. The van der Waals surface area contributed by atoms with Crippen LogP contribution in [0.25, 0.3) is 11.2 Å². The first-order chi connectivity index (χ1) is 12.3. The van der Waals surface area contributed by atoms with Gasteiger partial charge in [0.1, 0.15) is 0 Å². The van der Waals surface area contributed by atoms with Crippen LogP contribution in [0.2, 0.25) is 5.02 Å². The summed E-state index contributed by atoms with van der Waals surface area (Å²) in [5, 5.41) is 3.99. The molecule has 3 aromatic rings. The Hall–Kier alpha value is -2.54. The average molecular weight is 376 g/mol. The fourth-order valence-electron chi connectivity index (χ4n) is 2.81. The molecule has 0 fully saturated rings. The molecule has 0 radical (unpaired) electrons. The van der Waals surface area contributed by atoms with E-state index in [9.17, 15) is 9.59 Å². The number of nitrogens with one attached hydrogen (secondary N) is 1. The maximum absolute atomic E-state index is 12.8. The molecule has 0 amide bonds. The third-order valence-corrected chi connectivity index (χ3v) is 4.84. The minimum Gasteiger partial charge on any atom is -0.353 e. The lowest BCUT2D eigenvalue weighted by Crippen LogP contribution is -2.37. The third kappa shape index (κ3) is 3.14. The molecular formula is C18H22ClN5O2. The van der Waals surface area contributed by atoms with Crippen molar-refractivity contribution in [2.24, 2.45) is 14.1 Å². The van der Waals surface area contributed by atoms with Crippen LogP contribution in [0, 0.1) is 0 Å². The zero-order valence-corrected chi connectivity index (χ0v) is 16.0. The number of nitrogens with zero attached hydrogens (tertiary/aromatic N) is 4. The highest BCUT2D eigenvalue weighted by atomic mass is 35.5. The van der Waals surface area contributed by atoms with Crippen LogP contribution in [0.1, 0.15) is 25.8 Å². The second kappa shape index (κ2) is 6.99. The van der Waals surface area contributed by atoms with Gasteiger partial charge in [-0.1, -0.05) is 30.7 Å². The molecular weight excluding hydrogens is 354 g/mol. The quantitative estimate of drug-likeness (QED) is 0.742. The molecule has 0 saturated carbocycles. The zero-order chi connectivity index (χ0) is 19.0. The molecule has 0 saturated heterocycles. The fraction of sp³-hybridized carbons (Fsp3) is 0.389. The average Bonchev–Trinajstić information content (AvgIpc) is 2.98. The predicted octanol–water partition coefficient (Wildman–Crippen LogP) is 2.35. The van der Waals surface area contributed by atoms with E-state index >= 15 is 0 Å². The standard InChI is InChI=1S/C18H22ClN5O2/c1-5-11(2)20-17-21-15-14(16(25)23(4)18(26)22(15)3)24(17)10-12-6-8-13(19)9-7-12/h6-9,11H,5,10H2,1-4H3,(H,20,21)/t11-/m1/s1. The molecule has 0 aliphatic rings. The van der Waals surface area contributed by atoms with Gasteiger partial charge in [0.25, 0.3) is 5.56 Å². The van der Waals surface area contributed by atoms with E-state index < -0.39 is 5.69 Å². The van der Waals surface area contributed by atoms with Crippen LogP contribution in [0.15, 0.2) is 33.9 Å². The summed E-state index contributed by atoms with van der Waals surface area (Å²) < 4.78 is 4.33. The van der Waals surface area contributed by atoms with Crippen LogP contribution >= 0.6 is 11.6 Å². The van der Waals surface area contributed by atoms with Gasteiger partial charge in [-0.05, 0) is 31.0 Å². The second-order valence-corrected chi connectivity index (χ2v) is 6.92. The summed E-state index contributed by atoms with van der Waals surface area (Å²) in [4.78, 5) is 29.6. The predicted molar refractivity (Wildman–Crippen MR) is 104 cm³/mol.